The van der Waals surface area contributed by atoms with Gasteiger partial charge < -0.3 is 15.6 Å². The van der Waals surface area contributed by atoms with Crippen LogP contribution < -0.4 is 10.5 Å². The van der Waals surface area contributed by atoms with Gasteiger partial charge in [-0.2, -0.15) is 0 Å². The highest BCUT2D eigenvalue weighted by molar-refractivity contribution is 9.10. The minimum absolute atomic E-state index is 0.273. The van der Waals surface area contributed by atoms with Gasteiger partial charge in [0.1, 0.15) is 5.75 Å². The molecule has 1 rings (SSSR count). The highest BCUT2D eigenvalue weighted by Gasteiger charge is 2.09. The standard InChI is InChI=1S/C8H10BrNO.C8H16O2/c1-11-8-3-6(5-10)2-7(9)4-8;1-8(2,3)6-4-5-7(9)10/h2-4H,5,10H2,1H3;4-6H2,1-3H3,(H,9,10). The van der Waals surface area contributed by atoms with Crippen LogP contribution in [0.25, 0.3) is 0 Å². The number of carboxylic acid groups (broad SMARTS) is 1. The fourth-order valence-corrected chi connectivity index (χ4v) is 2.15. The molecule has 0 atom stereocenters. The number of nitrogens with two attached hydrogens (primary N) is 1. The molecule has 1 aromatic rings. The largest absolute Gasteiger partial charge is 0.497 e. The van der Waals surface area contributed by atoms with Crippen molar-refractivity contribution in [3.8, 4) is 5.75 Å². The van der Waals surface area contributed by atoms with Gasteiger partial charge in [-0.25, -0.2) is 0 Å². The Morgan fingerprint density at radius 1 is 1.33 bits per heavy atom. The lowest BCUT2D eigenvalue weighted by molar-refractivity contribution is -0.137. The zero-order valence-electron chi connectivity index (χ0n) is 13.3. The van der Waals surface area contributed by atoms with Gasteiger partial charge in [0.2, 0.25) is 0 Å². The van der Waals surface area contributed by atoms with Crippen molar-refractivity contribution in [3.63, 3.8) is 0 Å². The van der Waals surface area contributed by atoms with Gasteiger partial charge >= 0.3 is 5.97 Å². The Bertz CT molecular complexity index is 419. The third-order valence-electron chi connectivity index (χ3n) is 2.72. The van der Waals surface area contributed by atoms with Gasteiger partial charge in [0.05, 0.1) is 7.11 Å². The highest BCUT2D eigenvalue weighted by atomic mass is 79.9. The number of methoxy groups -OCH3 is 1. The number of rotatable bonds is 5. The second-order valence-electron chi connectivity index (χ2n) is 6.01. The molecule has 0 saturated heterocycles. The second kappa shape index (κ2) is 9.79. The molecule has 0 amide bonds. The molecule has 0 aliphatic heterocycles. The van der Waals surface area contributed by atoms with Crippen molar-refractivity contribution in [1.29, 1.82) is 0 Å². The van der Waals surface area contributed by atoms with E-state index in [0.29, 0.717) is 13.0 Å². The summed E-state index contributed by atoms with van der Waals surface area (Å²) in [6.07, 6.45) is 2.08. The first-order chi connectivity index (χ1) is 9.67. The third kappa shape index (κ3) is 11.3. The summed E-state index contributed by atoms with van der Waals surface area (Å²) in [6, 6.07) is 5.80. The van der Waals surface area contributed by atoms with Crippen LogP contribution in [0.5, 0.6) is 5.75 Å². The van der Waals surface area contributed by atoms with Gasteiger partial charge in [-0.05, 0) is 42.0 Å². The van der Waals surface area contributed by atoms with E-state index in [2.05, 4.69) is 36.7 Å². The van der Waals surface area contributed by atoms with Crippen molar-refractivity contribution >= 4 is 21.9 Å². The van der Waals surface area contributed by atoms with Gasteiger partial charge in [-0.3, -0.25) is 4.79 Å². The molecule has 0 saturated carbocycles. The molecule has 3 N–H and O–H groups in total. The summed E-state index contributed by atoms with van der Waals surface area (Å²) >= 11 is 3.36. The Balaban J connectivity index is 0.000000384. The van der Waals surface area contributed by atoms with Gasteiger partial charge in [0.15, 0.2) is 0 Å². The lowest BCUT2D eigenvalue weighted by Gasteiger charge is -2.16. The normalized spacial score (nSPS) is 10.6. The Kier molecular flexibility index (Phi) is 9.29. The molecule has 0 aliphatic rings. The molecule has 0 spiro atoms. The zero-order chi connectivity index (χ0) is 16.5. The summed E-state index contributed by atoms with van der Waals surface area (Å²) < 4.78 is 6.05. The van der Waals surface area contributed by atoms with Crippen molar-refractivity contribution in [3.05, 3.63) is 28.2 Å². The molecule has 0 heterocycles. The average Bonchev–Trinajstić information content (AvgIpc) is 2.36. The predicted molar refractivity (Wildman–Crippen MR) is 89.5 cm³/mol. The van der Waals surface area contributed by atoms with Crippen LogP contribution in [0.4, 0.5) is 0 Å². The topological polar surface area (TPSA) is 72.5 Å². The number of halogens is 1. The number of carboxylic acids is 1. The third-order valence-corrected chi connectivity index (χ3v) is 3.18. The fraction of sp³-hybridized carbons (Fsp3) is 0.562. The van der Waals surface area contributed by atoms with Crippen LogP contribution in [-0.2, 0) is 11.3 Å². The summed E-state index contributed by atoms with van der Waals surface area (Å²) in [6.45, 7) is 6.90. The predicted octanol–water partition coefficient (Wildman–Crippen LogP) is 4.20. The molecule has 120 valence electrons. The van der Waals surface area contributed by atoms with Crippen LogP contribution in [0.1, 0.15) is 45.6 Å². The number of hydrogen-bond acceptors (Lipinski definition) is 3. The van der Waals surface area contributed by atoms with Crippen LogP contribution in [-0.4, -0.2) is 18.2 Å². The van der Waals surface area contributed by atoms with Crippen LogP contribution in [0, 0.1) is 5.41 Å². The lowest BCUT2D eigenvalue weighted by atomic mass is 9.90. The molecule has 0 bridgehead atoms. The van der Waals surface area contributed by atoms with Crippen molar-refractivity contribution in [1.82, 2.24) is 0 Å². The highest BCUT2D eigenvalue weighted by Crippen LogP contribution is 2.21. The maximum atomic E-state index is 10.1. The van der Waals surface area contributed by atoms with E-state index in [0.717, 1.165) is 28.6 Å². The van der Waals surface area contributed by atoms with Crippen LogP contribution >= 0.6 is 15.9 Å². The molecule has 5 heteroatoms. The van der Waals surface area contributed by atoms with Crippen molar-refractivity contribution in [2.75, 3.05) is 7.11 Å². The quantitative estimate of drug-likeness (QED) is 0.825. The van der Waals surface area contributed by atoms with Crippen molar-refractivity contribution < 1.29 is 14.6 Å². The Morgan fingerprint density at radius 2 is 1.95 bits per heavy atom. The average molecular weight is 360 g/mol. The Hall–Kier alpha value is -1.07. The van der Waals surface area contributed by atoms with Crippen molar-refractivity contribution in [2.24, 2.45) is 11.1 Å². The number of hydrogen-bond donors (Lipinski definition) is 2. The molecule has 0 aromatic heterocycles. The SMILES string of the molecule is CC(C)(C)CCCC(=O)O.COc1cc(Br)cc(CN)c1. The summed E-state index contributed by atoms with van der Waals surface area (Å²) in [4.78, 5) is 10.1. The Labute approximate surface area is 135 Å². The molecular formula is C16H26BrNO3. The van der Waals surface area contributed by atoms with Gasteiger partial charge in [-0.15, -0.1) is 0 Å². The van der Waals surface area contributed by atoms with E-state index in [1.165, 1.54) is 0 Å². The Morgan fingerprint density at radius 3 is 2.38 bits per heavy atom. The monoisotopic (exact) mass is 359 g/mol. The zero-order valence-corrected chi connectivity index (χ0v) is 14.9. The van der Waals surface area contributed by atoms with Crippen LogP contribution in [0.3, 0.4) is 0 Å². The first kappa shape index (κ1) is 19.9. The molecule has 1 aromatic carbocycles. The molecular weight excluding hydrogens is 334 g/mol. The minimum atomic E-state index is -0.691. The van der Waals surface area contributed by atoms with E-state index in [1.54, 1.807) is 7.11 Å². The maximum absolute atomic E-state index is 10.1. The number of carbonyl (C=O) groups is 1. The summed E-state index contributed by atoms with van der Waals surface area (Å²) in [7, 11) is 1.64. The molecule has 0 unspecified atom stereocenters. The fourth-order valence-electron chi connectivity index (χ4n) is 1.63. The summed E-state index contributed by atoms with van der Waals surface area (Å²) in [5, 5.41) is 8.31. The van der Waals surface area contributed by atoms with Gasteiger partial charge in [-0.1, -0.05) is 36.7 Å². The second-order valence-corrected chi connectivity index (χ2v) is 6.93. The smallest absolute Gasteiger partial charge is 0.303 e. The van der Waals surface area contributed by atoms with E-state index >= 15 is 0 Å². The van der Waals surface area contributed by atoms with E-state index in [-0.39, 0.29) is 5.41 Å². The van der Waals surface area contributed by atoms with Crippen molar-refractivity contribution in [2.45, 2.75) is 46.6 Å². The molecule has 0 aliphatic carbocycles. The van der Waals surface area contributed by atoms with Crippen LogP contribution in [0.15, 0.2) is 22.7 Å². The van der Waals surface area contributed by atoms with Crippen LogP contribution in [0.2, 0.25) is 0 Å². The maximum Gasteiger partial charge on any atom is 0.303 e. The molecule has 0 fully saturated rings. The number of benzene rings is 1. The number of ether oxygens (including phenoxy) is 1. The molecule has 0 radical (unpaired) electrons. The first-order valence-electron chi connectivity index (χ1n) is 6.93. The molecule has 4 nitrogen and oxygen atoms in total. The number of aliphatic carboxylic acids is 1. The summed E-state index contributed by atoms with van der Waals surface area (Å²) in [5.41, 5.74) is 6.81. The lowest BCUT2D eigenvalue weighted by Crippen LogP contribution is -2.05. The summed E-state index contributed by atoms with van der Waals surface area (Å²) in [5.74, 6) is 0.143. The minimum Gasteiger partial charge on any atom is -0.497 e. The molecule has 21 heavy (non-hydrogen) atoms. The van der Waals surface area contributed by atoms with E-state index < -0.39 is 5.97 Å². The van der Waals surface area contributed by atoms with E-state index in [1.807, 2.05) is 18.2 Å². The van der Waals surface area contributed by atoms with E-state index in [4.69, 9.17) is 15.6 Å². The van der Waals surface area contributed by atoms with Gasteiger partial charge in [0.25, 0.3) is 0 Å². The first-order valence-corrected chi connectivity index (χ1v) is 7.72. The van der Waals surface area contributed by atoms with Gasteiger partial charge in [0, 0.05) is 17.4 Å². The van der Waals surface area contributed by atoms with E-state index in [9.17, 15) is 4.79 Å².